The van der Waals surface area contributed by atoms with Crippen LogP contribution in [0.1, 0.15) is 6.42 Å². The highest BCUT2D eigenvalue weighted by molar-refractivity contribution is 5.75. The van der Waals surface area contributed by atoms with Gasteiger partial charge in [0.1, 0.15) is 0 Å². The topological polar surface area (TPSA) is 12.0 Å². The number of dihydropyridines is 1. The lowest BCUT2D eigenvalue weighted by molar-refractivity contribution is 1.11. The summed E-state index contributed by atoms with van der Waals surface area (Å²) in [4.78, 5) is 0. The van der Waals surface area contributed by atoms with Crippen molar-refractivity contribution in [3.8, 4) is 0 Å². The summed E-state index contributed by atoms with van der Waals surface area (Å²) in [7, 11) is 0. The Kier molecular flexibility index (Phi) is 3.20. The first kappa shape index (κ1) is 6.34. The average Bonchev–Trinajstić information content (AvgIpc) is 1.72. The van der Waals surface area contributed by atoms with Crippen LogP contribution in [-0.2, 0) is 0 Å². The quantitative estimate of drug-likeness (QED) is 0.411. The Morgan fingerprint density at radius 2 is 1.71 bits per heavy atom. The Balaban J connectivity index is 0.000000360. The zero-order chi connectivity index (χ0) is 4.24. The zero-order valence-electron chi connectivity index (χ0n) is 3.52. The maximum Gasteiger partial charge on any atom is 0.0814 e. The molecule has 7 heavy (non-hydrogen) atoms. The van der Waals surface area contributed by atoms with Gasteiger partial charge in [-0.25, -0.2) is 0 Å². The summed E-state index contributed by atoms with van der Waals surface area (Å²) >= 11 is 0. The van der Waals surface area contributed by atoms with E-state index < -0.39 is 0 Å². The predicted octanol–water partition coefficient (Wildman–Crippen LogP) is -0.177. The summed E-state index contributed by atoms with van der Waals surface area (Å²) in [6.07, 6.45) is 9.08. The standard InChI is InChI=1S/C5H7N.BH3/c1-2-4-6-5-3-1;/h2-6H,1H2;1H3. The Hall–Kier alpha value is -0.655. The molecule has 0 aliphatic carbocycles. The molecular weight excluding hydrogens is 84.9 g/mol. The van der Waals surface area contributed by atoms with Gasteiger partial charge in [0.15, 0.2) is 0 Å². The van der Waals surface area contributed by atoms with E-state index in [0.717, 1.165) is 6.42 Å². The van der Waals surface area contributed by atoms with Crippen LogP contribution in [0.3, 0.4) is 0 Å². The van der Waals surface area contributed by atoms with Crippen LogP contribution >= 0.6 is 0 Å². The third-order valence-electron chi connectivity index (χ3n) is 0.700. The second-order valence-corrected chi connectivity index (χ2v) is 1.21. The summed E-state index contributed by atoms with van der Waals surface area (Å²) in [6, 6.07) is 0. The lowest BCUT2D eigenvalue weighted by atomic mass is 10.4. The average molecular weight is 95.0 g/mol. The van der Waals surface area contributed by atoms with Crippen molar-refractivity contribution in [1.29, 1.82) is 0 Å². The minimum atomic E-state index is 0. The molecule has 0 radical (unpaired) electrons. The number of hydrogen-bond donors (Lipinski definition) is 1. The van der Waals surface area contributed by atoms with E-state index in [0.29, 0.717) is 0 Å². The molecule has 1 aliphatic rings. The lowest BCUT2D eigenvalue weighted by Gasteiger charge is -1.92. The van der Waals surface area contributed by atoms with Crippen LogP contribution in [-0.4, -0.2) is 8.41 Å². The van der Waals surface area contributed by atoms with Crippen LogP contribution in [0.15, 0.2) is 24.6 Å². The van der Waals surface area contributed by atoms with Crippen molar-refractivity contribution in [2.45, 2.75) is 6.42 Å². The monoisotopic (exact) mass is 95.1 g/mol. The zero-order valence-corrected chi connectivity index (χ0v) is 3.52. The molecule has 0 saturated carbocycles. The molecule has 0 aromatic rings. The maximum absolute atomic E-state index is 2.92. The molecule has 38 valence electrons. The van der Waals surface area contributed by atoms with Crippen LogP contribution in [0, 0.1) is 0 Å². The third-order valence-corrected chi connectivity index (χ3v) is 0.700. The smallest absolute Gasteiger partial charge is 0.0814 e. The van der Waals surface area contributed by atoms with Crippen molar-refractivity contribution in [1.82, 2.24) is 5.32 Å². The van der Waals surface area contributed by atoms with E-state index in [1.54, 1.807) is 0 Å². The van der Waals surface area contributed by atoms with Crippen molar-refractivity contribution >= 4 is 8.41 Å². The number of hydrogen-bond acceptors (Lipinski definition) is 1. The normalized spacial score (nSPS) is 14.9. The van der Waals surface area contributed by atoms with E-state index in [-0.39, 0.29) is 8.41 Å². The summed E-state index contributed by atoms with van der Waals surface area (Å²) in [5.41, 5.74) is 0. The minimum absolute atomic E-state index is 0. The van der Waals surface area contributed by atoms with Crippen LogP contribution in [0.2, 0.25) is 0 Å². The highest BCUT2D eigenvalue weighted by Gasteiger charge is 1.73. The molecule has 0 fully saturated rings. The minimum Gasteiger partial charge on any atom is -0.368 e. The van der Waals surface area contributed by atoms with Crippen LogP contribution in [0.4, 0.5) is 0 Å². The van der Waals surface area contributed by atoms with Gasteiger partial charge >= 0.3 is 0 Å². The van der Waals surface area contributed by atoms with E-state index >= 15 is 0 Å². The van der Waals surface area contributed by atoms with Crippen molar-refractivity contribution < 1.29 is 0 Å². The SMILES string of the molecule is B.C1=CNC=CC1. The van der Waals surface area contributed by atoms with Gasteiger partial charge in [-0.05, 0) is 18.8 Å². The Labute approximate surface area is 45.7 Å². The number of allylic oxidation sites excluding steroid dienone is 2. The van der Waals surface area contributed by atoms with Gasteiger partial charge in [-0.2, -0.15) is 0 Å². The first-order valence-corrected chi connectivity index (χ1v) is 2.06. The summed E-state index contributed by atoms with van der Waals surface area (Å²) in [6.45, 7) is 0. The van der Waals surface area contributed by atoms with E-state index in [4.69, 9.17) is 0 Å². The van der Waals surface area contributed by atoms with Gasteiger partial charge < -0.3 is 5.32 Å². The Morgan fingerprint density at radius 3 is 1.86 bits per heavy atom. The van der Waals surface area contributed by atoms with Gasteiger partial charge in [0.25, 0.3) is 0 Å². The van der Waals surface area contributed by atoms with Gasteiger partial charge in [-0.15, -0.1) is 0 Å². The molecule has 0 saturated heterocycles. The third kappa shape index (κ3) is 2.09. The van der Waals surface area contributed by atoms with Crippen LogP contribution in [0.25, 0.3) is 0 Å². The molecule has 1 N–H and O–H groups in total. The van der Waals surface area contributed by atoms with Gasteiger partial charge in [-0.1, -0.05) is 12.2 Å². The van der Waals surface area contributed by atoms with Crippen LogP contribution in [0.5, 0.6) is 0 Å². The van der Waals surface area contributed by atoms with Gasteiger partial charge in [0, 0.05) is 0 Å². The first-order chi connectivity index (χ1) is 3.00. The largest absolute Gasteiger partial charge is 0.368 e. The molecule has 0 aromatic carbocycles. The fourth-order valence-corrected chi connectivity index (χ4v) is 0.406. The van der Waals surface area contributed by atoms with Crippen LogP contribution < -0.4 is 5.32 Å². The van der Waals surface area contributed by atoms with Crippen molar-refractivity contribution in [2.24, 2.45) is 0 Å². The summed E-state index contributed by atoms with van der Waals surface area (Å²) in [5, 5.41) is 2.92. The summed E-state index contributed by atoms with van der Waals surface area (Å²) in [5.74, 6) is 0. The van der Waals surface area contributed by atoms with E-state index in [2.05, 4.69) is 17.5 Å². The molecule has 1 aliphatic heterocycles. The fraction of sp³-hybridized carbons (Fsp3) is 0.200. The molecule has 0 spiro atoms. The van der Waals surface area contributed by atoms with Gasteiger partial charge in [-0.3, -0.25) is 0 Å². The van der Waals surface area contributed by atoms with Crippen molar-refractivity contribution in [2.75, 3.05) is 0 Å². The second kappa shape index (κ2) is 3.53. The molecule has 0 amide bonds. The number of rotatable bonds is 0. The van der Waals surface area contributed by atoms with Gasteiger partial charge in [0.2, 0.25) is 0 Å². The molecule has 2 heteroatoms. The maximum atomic E-state index is 2.92. The van der Waals surface area contributed by atoms with E-state index in [1.165, 1.54) is 0 Å². The van der Waals surface area contributed by atoms with Crippen molar-refractivity contribution in [3.05, 3.63) is 24.6 Å². The number of nitrogens with one attached hydrogen (secondary N) is 1. The fourth-order valence-electron chi connectivity index (χ4n) is 0.406. The van der Waals surface area contributed by atoms with Gasteiger partial charge in [0.05, 0.1) is 8.41 Å². The highest BCUT2D eigenvalue weighted by atomic mass is 14.8. The molecule has 0 atom stereocenters. The second-order valence-electron chi connectivity index (χ2n) is 1.21. The molecular formula is C5H10BN. The van der Waals surface area contributed by atoms with Crippen molar-refractivity contribution in [3.63, 3.8) is 0 Å². The predicted molar refractivity (Wildman–Crippen MR) is 36.0 cm³/mol. The summed E-state index contributed by atoms with van der Waals surface area (Å²) < 4.78 is 0. The molecule has 1 nitrogen and oxygen atoms in total. The first-order valence-electron chi connectivity index (χ1n) is 2.06. The van der Waals surface area contributed by atoms with E-state index in [1.807, 2.05) is 12.4 Å². The highest BCUT2D eigenvalue weighted by Crippen LogP contribution is 1.86. The molecule has 1 heterocycles. The Bertz CT molecular complexity index is 66.1. The Morgan fingerprint density at radius 1 is 1.14 bits per heavy atom. The lowest BCUT2D eigenvalue weighted by Crippen LogP contribution is -1.93. The molecule has 1 rings (SSSR count). The molecule has 0 bridgehead atoms. The molecule has 0 aromatic heterocycles. The van der Waals surface area contributed by atoms with E-state index in [9.17, 15) is 0 Å². The molecule has 0 unspecified atom stereocenters.